The Kier molecular flexibility index (Phi) is 3.85. The Morgan fingerprint density at radius 2 is 1.93 bits per heavy atom. The van der Waals surface area contributed by atoms with Crippen LogP contribution in [0, 0.1) is 5.41 Å². The fourth-order valence-electron chi connectivity index (χ4n) is 1.03. The zero-order valence-electron chi connectivity index (χ0n) is 8.82. The van der Waals surface area contributed by atoms with E-state index in [-0.39, 0.29) is 5.41 Å². The molecule has 0 aromatic carbocycles. The Bertz CT molecular complexity index is 278. The van der Waals surface area contributed by atoms with E-state index in [2.05, 4.69) is 4.74 Å². The first-order valence-corrected chi connectivity index (χ1v) is 4.56. The Labute approximate surface area is 88.0 Å². The molecule has 15 heavy (non-hydrogen) atoms. The van der Waals surface area contributed by atoms with Crippen molar-refractivity contribution < 1.29 is 23.8 Å². The molecule has 0 bridgehead atoms. The summed E-state index contributed by atoms with van der Waals surface area (Å²) in [5, 5.41) is 0. The molecule has 5 heteroatoms. The first-order chi connectivity index (χ1) is 7.06. The number of hydrogen-bond donors (Lipinski definition) is 0. The average molecular weight is 214 g/mol. The van der Waals surface area contributed by atoms with Gasteiger partial charge in [-0.25, -0.2) is 9.59 Å². The first-order valence-electron chi connectivity index (χ1n) is 4.56. The number of ether oxygens (including phenoxy) is 3. The molecule has 5 nitrogen and oxygen atoms in total. The van der Waals surface area contributed by atoms with Crippen LogP contribution in [0.3, 0.4) is 0 Å². The third-order valence-electron chi connectivity index (χ3n) is 2.02. The molecule has 0 spiro atoms. The summed E-state index contributed by atoms with van der Waals surface area (Å²) in [6.45, 7) is 3.47. The Morgan fingerprint density at radius 3 is 2.40 bits per heavy atom. The minimum atomic E-state index is -0.579. The normalized spacial score (nSPS) is 18.3. The highest BCUT2D eigenvalue weighted by molar-refractivity contribution is 5.91. The van der Waals surface area contributed by atoms with E-state index in [1.54, 1.807) is 0 Å². The van der Waals surface area contributed by atoms with Crippen LogP contribution < -0.4 is 0 Å². The molecule has 1 aliphatic heterocycles. The van der Waals surface area contributed by atoms with Gasteiger partial charge in [-0.3, -0.25) is 0 Å². The van der Waals surface area contributed by atoms with Crippen LogP contribution in [-0.4, -0.2) is 38.9 Å². The van der Waals surface area contributed by atoms with Crippen molar-refractivity contribution in [2.75, 3.05) is 26.9 Å². The van der Waals surface area contributed by atoms with Gasteiger partial charge in [0.1, 0.15) is 6.61 Å². The predicted octanol–water partition coefficient (Wildman–Crippen LogP) is 0.295. The predicted molar refractivity (Wildman–Crippen MR) is 51.0 cm³/mol. The van der Waals surface area contributed by atoms with E-state index in [1.165, 1.54) is 7.11 Å². The molecule has 0 saturated carbocycles. The zero-order chi connectivity index (χ0) is 11.3. The molecule has 1 aliphatic rings. The van der Waals surface area contributed by atoms with Crippen LogP contribution in [0.25, 0.3) is 0 Å². The first kappa shape index (κ1) is 11.7. The van der Waals surface area contributed by atoms with Gasteiger partial charge in [-0.05, 0) is 0 Å². The molecular weight excluding hydrogens is 200 g/mol. The molecular formula is C10H14O5. The standard InChI is InChI=1S/C10H14O5/c1-10(5-14-6-10)7-15-9(12)4-3-8(11)13-2/h3-4H,5-7H2,1-2H3. The molecule has 0 aromatic heterocycles. The van der Waals surface area contributed by atoms with Crippen LogP contribution in [0.15, 0.2) is 12.2 Å². The van der Waals surface area contributed by atoms with Crippen molar-refractivity contribution in [3.05, 3.63) is 12.2 Å². The van der Waals surface area contributed by atoms with E-state index >= 15 is 0 Å². The minimum absolute atomic E-state index is 0.0746. The summed E-state index contributed by atoms with van der Waals surface area (Å²) in [5.74, 6) is -1.13. The van der Waals surface area contributed by atoms with Crippen molar-refractivity contribution in [1.29, 1.82) is 0 Å². The highest BCUT2D eigenvalue weighted by atomic mass is 16.5. The summed E-state index contributed by atoms with van der Waals surface area (Å²) in [4.78, 5) is 21.7. The summed E-state index contributed by atoms with van der Waals surface area (Å²) < 4.78 is 14.3. The molecule has 0 aromatic rings. The maximum Gasteiger partial charge on any atom is 0.331 e. The number of hydrogen-bond acceptors (Lipinski definition) is 5. The lowest BCUT2D eigenvalue weighted by atomic mass is 9.90. The number of carbonyl (C=O) groups excluding carboxylic acids is 2. The van der Waals surface area contributed by atoms with Crippen LogP contribution in [0.5, 0.6) is 0 Å². The van der Waals surface area contributed by atoms with Crippen LogP contribution in [-0.2, 0) is 23.8 Å². The summed E-state index contributed by atoms with van der Waals surface area (Å²) in [6.07, 6.45) is 2.08. The smallest absolute Gasteiger partial charge is 0.331 e. The third-order valence-corrected chi connectivity index (χ3v) is 2.02. The number of methoxy groups -OCH3 is 1. The van der Waals surface area contributed by atoms with Gasteiger partial charge >= 0.3 is 11.9 Å². The van der Waals surface area contributed by atoms with Gasteiger partial charge < -0.3 is 14.2 Å². The van der Waals surface area contributed by atoms with Gasteiger partial charge in [0.25, 0.3) is 0 Å². The van der Waals surface area contributed by atoms with Gasteiger partial charge in [0.05, 0.1) is 20.3 Å². The molecule has 0 unspecified atom stereocenters. The monoisotopic (exact) mass is 214 g/mol. The average Bonchev–Trinajstić information content (AvgIpc) is 2.20. The van der Waals surface area contributed by atoms with E-state index in [4.69, 9.17) is 9.47 Å². The van der Waals surface area contributed by atoms with E-state index < -0.39 is 11.9 Å². The fourth-order valence-corrected chi connectivity index (χ4v) is 1.03. The summed E-state index contributed by atoms with van der Waals surface area (Å²) in [7, 11) is 1.24. The van der Waals surface area contributed by atoms with Crippen LogP contribution in [0.4, 0.5) is 0 Å². The van der Waals surface area contributed by atoms with Crippen LogP contribution in [0.1, 0.15) is 6.92 Å². The molecule has 1 rings (SSSR count). The lowest BCUT2D eigenvalue weighted by Crippen LogP contribution is -2.43. The van der Waals surface area contributed by atoms with E-state index in [9.17, 15) is 9.59 Å². The van der Waals surface area contributed by atoms with Crippen LogP contribution in [0.2, 0.25) is 0 Å². The quantitative estimate of drug-likeness (QED) is 0.497. The molecule has 0 radical (unpaired) electrons. The van der Waals surface area contributed by atoms with Gasteiger partial charge in [0, 0.05) is 17.6 Å². The highest BCUT2D eigenvalue weighted by Crippen LogP contribution is 2.26. The van der Waals surface area contributed by atoms with Crippen molar-refractivity contribution in [3.63, 3.8) is 0 Å². The molecule has 0 atom stereocenters. The topological polar surface area (TPSA) is 61.8 Å². The van der Waals surface area contributed by atoms with Gasteiger partial charge in [-0.2, -0.15) is 0 Å². The second-order valence-corrected chi connectivity index (χ2v) is 3.77. The SMILES string of the molecule is COC(=O)C=CC(=O)OCC1(C)COC1. The van der Waals surface area contributed by atoms with Gasteiger partial charge in [0.2, 0.25) is 0 Å². The number of rotatable bonds is 4. The maximum atomic E-state index is 11.1. The van der Waals surface area contributed by atoms with Gasteiger partial charge in [-0.1, -0.05) is 6.92 Å². The van der Waals surface area contributed by atoms with E-state index in [1.807, 2.05) is 6.92 Å². The second-order valence-electron chi connectivity index (χ2n) is 3.77. The van der Waals surface area contributed by atoms with E-state index in [0.29, 0.717) is 19.8 Å². The van der Waals surface area contributed by atoms with E-state index in [0.717, 1.165) is 12.2 Å². The molecule has 1 heterocycles. The Balaban J connectivity index is 2.24. The number of carbonyl (C=O) groups is 2. The molecule has 0 N–H and O–H groups in total. The van der Waals surface area contributed by atoms with Crippen LogP contribution >= 0.6 is 0 Å². The number of esters is 2. The third kappa shape index (κ3) is 3.71. The molecule has 0 aliphatic carbocycles. The Morgan fingerprint density at radius 1 is 1.33 bits per heavy atom. The van der Waals surface area contributed by atoms with Crippen molar-refractivity contribution in [1.82, 2.24) is 0 Å². The van der Waals surface area contributed by atoms with Crippen molar-refractivity contribution in [3.8, 4) is 0 Å². The summed E-state index contributed by atoms with van der Waals surface area (Å²) >= 11 is 0. The zero-order valence-corrected chi connectivity index (χ0v) is 8.82. The second kappa shape index (κ2) is 4.93. The molecule has 1 saturated heterocycles. The minimum Gasteiger partial charge on any atom is -0.466 e. The molecule has 0 amide bonds. The molecule has 1 fully saturated rings. The fraction of sp³-hybridized carbons (Fsp3) is 0.600. The van der Waals surface area contributed by atoms with Crippen molar-refractivity contribution in [2.45, 2.75) is 6.92 Å². The Hall–Kier alpha value is -1.36. The largest absolute Gasteiger partial charge is 0.466 e. The van der Waals surface area contributed by atoms with Crippen molar-refractivity contribution >= 4 is 11.9 Å². The van der Waals surface area contributed by atoms with Gasteiger partial charge in [0.15, 0.2) is 0 Å². The summed E-state index contributed by atoms with van der Waals surface area (Å²) in [6, 6.07) is 0. The van der Waals surface area contributed by atoms with Crippen molar-refractivity contribution in [2.24, 2.45) is 5.41 Å². The van der Waals surface area contributed by atoms with Gasteiger partial charge in [-0.15, -0.1) is 0 Å². The lowest BCUT2D eigenvalue weighted by Gasteiger charge is -2.36. The lowest BCUT2D eigenvalue weighted by molar-refractivity contribution is -0.160. The molecule has 84 valence electrons. The highest BCUT2D eigenvalue weighted by Gasteiger charge is 2.34. The maximum absolute atomic E-state index is 11.1. The summed E-state index contributed by atoms with van der Waals surface area (Å²) in [5.41, 5.74) is -0.0746.